The van der Waals surface area contributed by atoms with E-state index in [1.54, 1.807) is 0 Å². The Hall–Kier alpha value is -2.32. The monoisotopic (exact) mass is 365 g/mol. The van der Waals surface area contributed by atoms with Crippen molar-refractivity contribution in [3.63, 3.8) is 0 Å². The zero-order valence-electron chi connectivity index (χ0n) is 15.4. The summed E-state index contributed by atoms with van der Waals surface area (Å²) in [6.07, 6.45) is 3.71. The van der Waals surface area contributed by atoms with Gasteiger partial charge in [-0.15, -0.1) is 0 Å². The van der Waals surface area contributed by atoms with E-state index in [-0.39, 0.29) is 11.2 Å². The molecule has 2 aromatic rings. The molecule has 1 aromatic heterocycles. The molecule has 4 nitrogen and oxygen atoms in total. The number of thioether (sulfide) groups is 1. The number of rotatable bonds is 5. The molecule has 1 aliphatic rings. The Balaban J connectivity index is 1.79. The molecule has 134 valence electrons. The second-order valence-electron chi connectivity index (χ2n) is 6.79. The van der Waals surface area contributed by atoms with Gasteiger partial charge in [-0.2, -0.15) is 5.26 Å². The summed E-state index contributed by atoms with van der Waals surface area (Å²) in [5, 5.41) is 12.9. The van der Waals surface area contributed by atoms with Gasteiger partial charge in [0.05, 0.1) is 10.8 Å². The molecule has 3 rings (SSSR count). The van der Waals surface area contributed by atoms with E-state index in [2.05, 4.69) is 22.4 Å². The minimum absolute atomic E-state index is 0.0475. The number of carbonyl (C=O) groups is 1. The number of amides is 1. The fourth-order valence-corrected chi connectivity index (χ4v) is 4.35. The summed E-state index contributed by atoms with van der Waals surface area (Å²) >= 11 is 1.40. The zero-order valence-corrected chi connectivity index (χ0v) is 16.2. The average Bonchev–Trinajstić information content (AvgIpc) is 3.04. The first-order chi connectivity index (χ1) is 12.5. The van der Waals surface area contributed by atoms with Crippen molar-refractivity contribution in [1.29, 1.82) is 5.26 Å². The van der Waals surface area contributed by atoms with E-state index in [1.165, 1.54) is 17.3 Å². The third kappa shape index (κ3) is 4.08. The van der Waals surface area contributed by atoms with Gasteiger partial charge in [-0.1, -0.05) is 24.8 Å². The summed E-state index contributed by atoms with van der Waals surface area (Å²) in [4.78, 5) is 17.5. The molecule has 0 spiro atoms. The highest BCUT2D eigenvalue weighted by Crippen LogP contribution is 2.31. The number of aromatic nitrogens is 1. The summed E-state index contributed by atoms with van der Waals surface area (Å²) in [7, 11) is 0. The maximum absolute atomic E-state index is 12.8. The third-order valence-corrected chi connectivity index (χ3v) is 5.91. The summed E-state index contributed by atoms with van der Waals surface area (Å²) in [6, 6.07) is 10.2. The molecule has 1 unspecified atom stereocenters. The maximum atomic E-state index is 12.8. The Labute approximate surface area is 159 Å². The highest BCUT2D eigenvalue weighted by Gasteiger charge is 2.23. The van der Waals surface area contributed by atoms with Gasteiger partial charge in [0.25, 0.3) is 0 Å². The summed E-state index contributed by atoms with van der Waals surface area (Å²) in [5.74, 6) is -0.0475. The lowest BCUT2D eigenvalue weighted by molar-refractivity contribution is -0.115. The van der Waals surface area contributed by atoms with Crippen LogP contribution in [-0.2, 0) is 17.6 Å². The predicted octanol–water partition coefficient (Wildman–Crippen LogP) is 4.57. The van der Waals surface area contributed by atoms with Crippen molar-refractivity contribution in [3.8, 4) is 6.07 Å². The largest absolute Gasteiger partial charge is 0.325 e. The standard InChI is InChI=1S/C21H23N3OS/c1-4-19(20(25)23-17-9-13(2)8-14(3)10-17)26-21-16(12-22)11-15-6-5-7-18(15)24-21/h8-11,19H,4-7H2,1-3H3,(H,23,25). The van der Waals surface area contributed by atoms with Gasteiger partial charge in [0.1, 0.15) is 11.1 Å². The van der Waals surface area contributed by atoms with E-state index >= 15 is 0 Å². The van der Waals surface area contributed by atoms with E-state index < -0.39 is 0 Å². The van der Waals surface area contributed by atoms with Gasteiger partial charge in [0.15, 0.2) is 0 Å². The van der Waals surface area contributed by atoms with Crippen molar-refractivity contribution in [1.82, 2.24) is 4.98 Å². The van der Waals surface area contributed by atoms with E-state index in [1.807, 2.05) is 39.0 Å². The van der Waals surface area contributed by atoms with E-state index in [0.717, 1.165) is 41.8 Å². The molecule has 0 saturated carbocycles. The topological polar surface area (TPSA) is 65.8 Å². The SMILES string of the molecule is CCC(Sc1nc2c(cc1C#N)CCC2)C(=O)Nc1cc(C)cc(C)c1. The van der Waals surface area contributed by atoms with E-state index in [9.17, 15) is 10.1 Å². The smallest absolute Gasteiger partial charge is 0.237 e. The molecule has 5 heteroatoms. The number of anilines is 1. The van der Waals surface area contributed by atoms with E-state index in [4.69, 9.17) is 0 Å². The van der Waals surface area contributed by atoms with Crippen LogP contribution < -0.4 is 5.32 Å². The molecule has 1 aliphatic carbocycles. The Bertz CT molecular complexity index is 865. The minimum Gasteiger partial charge on any atom is -0.325 e. The van der Waals surface area contributed by atoms with Gasteiger partial charge in [-0.25, -0.2) is 4.98 Å². The number of fused-ring (bicyclic) bond motifs is 1. The number of nitrogens with zero attached hydrogens (tertiary/aromatic N) is 2. The quantitative estimate of drug-likeness (QED) is 0.788. The molecule has 0 saturated heterocycles. The average molecular weight is 366 g/mol. The van der Waals surface area contributed by atoms with Crippen molar-refractivity contribution >= 4 is 23.4 Å². The third-order valence-electron chi connectivity index (χ3n) is 4.54. The van der Waals surface area contributed by atoms with Crippen LogP contribution in [0.5, 0.6) is 0 Å². The highest BCUT2D eigenvalue weighted by atomic mass is 32.2. The molecule has 0 bridgehead atoms. The van der Waals surface area contributed by atoms with E-state index in [0.29, 0.717) is 17.0 Å². The van der Waals surface area contributed by atoms with Crippen LogP contribution in [0, 0.1) is 25.2 Å². The number of pyridine rings is 1. The number of carbonyl (C=O) groups excluding carboxylic acids is 1. The summed E-state index contributed by atoms with van der Waals surface area (Å²) < 4.78 is 0. The first kappa shape index (κ1) is 18.5. The number of aryl methyl sites for hydroxylation is 4. The lowest BCUT2D eigenvalue weighted by atomic mass is 10.1. The van der Waals surface area contributed by atoms with Crippen LogP contribution in [0.25, 0.3) is 0 Å². The Morgan fingerprint density at radius 1 is 1.27 bits per heavy atom. The molecule has 0 aliphatic heterocycles. The van der Waals surface area contributed by atoms with Crippen LogP contribution >= 0.6 is 11.8 Å². The molecule has 0 radical (unpaired) electrons. The highest BCUT2D eigenvalue weighted by molar-refractivity contribution is 8.00. The molecule has 1 heterocycles. The Morgan fingerprint density at radius 2 is 2.00 bits per heavy atom. The maximum Gasteiger partial charge on any atom is 0.237 e. The molecule has 1 N–H and O–H groups in total. The Morgan fingerprint density at radius 3 is 2.65 bits per heavy atom. The van der Waals surface area contributed by atoms with Crippen LogP contribution in [0.15, 0.2) is 29.3 Å². The molecule has 0 fully saturated rings. The van der Waals surface area contributed by atoms with Crippen LogP contribution in [0.4, 0.5) is 5.69 Å². The number of hydrogen-bond acceptors (Lipinski definition) is 4. The Kier molecular flexibility index (Phi) is 5.63. The number of nitriles is 1. The van der Waals surface area contributed by atoms with Gasteiger partial charge < -0.3 is 5.32 Å². The van der Waals surface area contributed by atoms with Crippen molar-refractivity contribution in [2.24, 2.45) is 0 Å². The predicted molar refractivity (Wildman–Crippen MR) is 105 cm³/mol. The fourth-order valence-electron chi connectivity index (χ4n) is 3.35. The minimum atomic E-state index is -0.283. The molecular formula is C21H23N3OS. The van der Waals surface area contributed by atoms with Gasteiger partial charge in [0.2, 0.25) is 5.91 Å². The van der Waals surface area contributed by atoms with Crippen molar-refractivity contribution in [2.45, 2.75) is 56.7 Å². The lowest BCUT2D eigenvalue weighted by Crippen LogP contribution is -2.25. The molecular weight excluding hydrogens is 342 g/mol. The lowest BCUT2D eigenvalue weighted by Gasteiger charge is -2.16. The number of benzene rings is 1. The van der Waals surface area contributed by atoms with Crippen LogP contribution in [-0.4, -0.2) is 16.1 Å². The molecule has 26 heavy (non-hydrogen) atoms. The zero-order chi connectivity index (χ0) is 18.7. The first-order valence-corrected chi connectivity index (χ1v) is 9.86. The summed E-state index contributed by atoms with van der Waals surface area (Å²) in [6.45, 7) is 6.02. The van der Waals surface area contributed by atoms with Crippen LogP contribution in [0.3, 0.4) is 0 Å². The first-order valence-electron chi connectivity index (χ1n) is 8.99. The van der Waals surface area contributed by atoms with Crippen LogP contribution in [0.2, 0.25) is 0 Å². The molecule has 1 amide bonds. The van der Waals surface area contributed by atoms with Gasteiger partial charge in [-0.3, -0.25) is 4.79 Å². The molecule has 1 aromatic carbocycles. The van der Waals surface area contributed by atoms with Gasteiger partial charge in [-0.05, 0) is 74.4 Å². The normalized spacial score (nSPS) is 13.8. The summed E-state index contributed by atoms with van der Waals surface area (Å²) in [5.41, 5.74) is 5.89. The molecule has 1 atom stereocenters. The second kappa shape index (κ2) is 7.92. The van der Waals surface area contributed by atoms with Crippen molar-refractivity contribution in [2.75, 3.05) is 5.32 Å². The van der Waals surface area contributed by atoms with Crippen molar-refractivity contribution < 1.29 is 4.79 Å². The number of nitrogens with one attached hydrogen (secondary N) is 1. The van der Waals surface area contributed by atoms with Gasteiger partial charge in [0, 0.05) is 11.4 Å². The number of hydrogen-bond donors (Lipinski definition) is 1. The van der Waals surface area contributed by atoms with Crippen molar-refractivity contribution in [3.05, 3.63) is 52.2 Å². The van der Waals surface area contributed by atoms with Gasteiger partial charge >= 0.3 is 0 Å². The second-order valence-corrected chi connectivity index (χ2v) is 7.98. The van der Waals surface area contributed by atoms with Crippen LogP contribution in [0.1, 0.15) is 47.7 Å². The fraction of sp³-hybridized carbons (Fsp3) is 0.381.